The van der Waals surface area contributed by atoms with Gasteiger partial charge in [-0.1, -0.05) is 6.58 Å². The van der Waals surface area contributed by atoms with E-state index in [0.717, 1.165) is 48.9 Å². The molecule has 3 fully saturated rings. The van der Waals surface area contributed by atoms with Crippen LogP contribution in [0.5, 0.6) is 0 Å². The molecule has 77 heavy (non-hydrogen) atoms. The van der Waals surface area contributed by atoms with Gasteiger partial charge in [-0.3, -0.25) is 46.8 Å². The molecule has 16 atom stereocenters. The SMILES string of the molecule is C=CN(c1nc(N)[nH]c(=O)c1NC)[C@@H]1O[C@H](COP(=O)(O)OP(=O)(O)OP(=O)(O)OC[C@H]2O[C@@H](n3cnc4c(N)ncnc43)C(OC)C2OP(=O)(O)OC[C@H]2O[C@@H](n3cnc4c(=O)[nH]c(N)nc43)C(O)C2O)C(OC)C1O. The summed E-state index contributed by atoms with van der Waals surface area (Å²) in [6, 6.07) is 0. The molecule has 43 heteroatoms. The number of nitrogen functional groups attached to an aromatic ring is 3. The Balaban J connectivity index is 0.936. The standard InChI is InChI=1S/C34H49N15O24P4/c1-5-47(26-16(38-2)28(53)45-33(36)43-26)31-20(52)21(63-3)13(69-31)7-66-75(57,58)72-77(61,62)73-76(59,60)67-8-14-22(23(64-4)32(70-14)48-10-41-15-24(35)39-9-40-25(15)48)71-74(55,56)65-6-12-18(50)19(51)30(68-12)49-11-42-17-27(49)44-34(37)46-29(17)54/h5,9-14,18-23,30-32,38,50-52H,1,6-8H2,2-4H3,(H,55,56)(H,57,58)(H,59,60)(H,61,62)(H2,35,39,40)(H3,36,43,45,53)(H3,37,44,46,54)/t12-,13-,14-,18?,19?,20?,21?,22?,23?,30-,31-,32-/m1/s1. The molecule has 0 aliphatic carbocycles. The van der Waals surface area contributed by atoms with Crippen LogP contribution >= 0.6 is 31.3 Å². The first-order valence-corrected chi connectivity index (χ1v) is 27.8. The van der Waals surface area contributed by atoms with Gasteiger partial charge in [0.15, 0.2) is 47.1 Å². The fourth-order valence-electron chi connectivity index (χ4n) is 8.31. The van der Waals surface area contributed by atoms with Crippen LogP contribution < -0.4 is 38.5 Å². The van der Waals surface area contributed by atoms with Crippen LogP contribution in [0, 0.1) is 0 Å². The number of H-pyrrole nitrogens is 2. The minimum absolute atomic E-state index is 0.00936. The fourth-order valence-corrected chi connectivity index (χ4v) is 12.8. The molecule has 8 heterocycles. The first kappa shape index (κ1) is 57.9. The molecule has 8 rings (SSSR count). The number of nitrogens with one attached hydrogen (secondary N) is 3. The Kier molecular flexibility index (Phi) is 16.9. The Morgan fingerprint density at radius 1 is 0.701 bits per heavy atom. The van der Waals surface area contributed by atoms with E-state index >= 15 is 0 Å². The molecule has 3 aliphatic heterocycles. The summed E-state index contributed by atoms with van der Waals surface area (Å²) in [5.74, 6) is -0.913. The Morgan fingerprint density at radius 2 is 1.26 bits per heavy atom. The van der Waals surface area contributed by atoms with Gasteiger partial charge in [0.1, 0.15) is 72.5 Å². The molecule has 0 aromatic carbocycles. The zero-order valence-electron chi connectivity index (χ0n) is 39.7. The van der Waals surface area contributed by atoms with Crippen molar-refractivity contribution in [2.45, 2.75) is 73.6 Å². The average molecular weight is 1180 g/mol. The Bertz CT molecular complexity index is 3310. The lowest BCUT2D eigenvalue weighted by molar-refractivity contribution is -0.0581. The van der Waals surface area contributed by atoms with E-state index in [1.165, 1.54) is 11.6 Å². The van der Waals surface area contributed by atoms with Crippen LogP contribution in [0.1, 0.15) is 12.5 Å². The van der Waals surface area contributed by atoms with Crippen molar-refractivity contribution >= 4 is 82.8 Å². The van der Waals surface area contributed by atoms with Crippen molar-refractivity contribution in [3.63, 3.8) is 0 Å². The number of hydrogen-bond acceptors (Lipinski definition) is 31. The van der Waals surface area contributed by atoms with Crippen molar-refractivity contribution in [3.05, 3.63) is 52.5 Å². The molecule has 0 amide bonds. The summed E-state index contributed by atoms with van der Waals surface area (Å²) >= 11 is 0. The van der Waals surface area contributed by atoms with Crippen LogP contribution in [-0.2, 0) is 68.7 Å². The topological polar surface area (TPSA) is 558 Å². The Morgan fingerprint density at radius 3 is 1.88 bits per heavy atom. The van der Waals surface area contributed by atoms with E-state index in [4.69, 9.17) is 59.0 Å². The number of aromatic amines is 2. The number of imidazole rings is 2. The monoisotopic (exact) mass is 1180 g/mol. The smallest absolute Gasteiger partial charge is 0.387 e. The summed E-state index contributed by atoms with van der Waals surface area (Å²) in [5.41, 5.74) is 15.4. The third-order valence-corrected chi connectivity index (χ3v) is 16.9. The van der Waals surface area contributed by atoms with Gasteiger partial charge in [0, 0.05) is 27.5 Å². The fraction of sp³-hybridized carbons (Fsp3) is 0.529. The number of rotatable bonds is 23. The van der Waals surface area contributed by atoms with E-state index in [2.05, 4.69) is 60.4 Å². The predicted octanol–water partition coefficient (Wildman–Crippen LogP) is -3.02. The molecule has 0 spiro atoms. The lowest BCUT2D eigenvalue weighted by Crippen LogP contribution is -2.43. The highest BCUT2D eigenvalue weighted by Gasteiger charge is 2.54. The molecular formula is C34H49N15O24P4. The minimum Gasteiger partial charge on any atom is -0.387 e. The van der Waals surface area contributed by atoms with Gasteiger partial charge in [-0.15, -0.1) is 0 Å². The van der Waals surface area contributed by atoms with Gasteiger partial charge in [-0.05, 0) is 0 Å². The molecule has 0 saturated carbocycles. The van der Waals surface area contributed by atoms with Crippen LogP contribution in [-0.4, -0.2) is 186 Å². The largest absolute Gasteiger partial charge is 0.490 e. The van der Waals surface area contributed by atoms with Gasteiger partial charge in [0.25, 0.3) is 11.1 Å². The zero-order chi connectivity index (χ0) is 56.1. The first-order valence-electron chi connectivity index (χ1n) is 21.8. The highest BCUT2D eigenvalue weighted by molar-refractivity contribution is 7.66. The number of anilines is 5. The number of ether oxygens (including phenoxy) is 5. The van der Waals surface area contributed by atoms with Gasteiger partial charge in [-0.25, -0.2) is 38.2 Å². The van der Waals surface area contributed by atoms with Crippen molar-refractivity contribution in [1.29, 1.82) is 0 Å². The van der Waals surface area contributed by atoms with Crippen molar-refractivity contribution in [2.75, 3.05) is 68.5 Å². The lowest BCUT2D eigenvalue weighted by atomic mass is 10.1. The second-order valence-electron chi connectivity index (χ2n) is 16.4. The number of phosphoric ester groups is 3. The molecule has 0 radical (unpaired) electrons. The van der Waals surface area contributed by atoms with E-state index in [1.807, 2.05) is 0 Å². The van der Waals surface area contributed by atoms with Crippen molar-refractivity contribution in [1.82, 2.24) is 49.0 Å². The van der Waals surface area contributed by atoms with Crippen molar-refractivity contribution in [2.24, 2.45) is 0 Å². The van der Waals surface area contributed by atoms with Crippen LogP contribution in [0.25, 0.3) is 22.3 Å². The van der Waals surface area contributed by atoms with E-state index in [0.29, 0.717) is 0 Å². The first-order chi connectivity index (χ1) is 36.2. The summed E-state index contributed by atoms with van der Waals surface area (Å²) in [4.78, 5) is 97.1. The highest BCUT2D eigenvalue weighted by Crippen LogP contribution is 2.68. The number of nitrogens with two attached hydrogens (primary N) is 3. The van der Waals surface area contributed by atoms with Gasteiger partial charge in [-0.2, -0.15) is 18.6 Å². The number of methoxy groups -OCH3 is 2. The molecule has 424 valence electrons. The molecular weight excluding hydrogens is 1130 g/mol. The molecule has 0 bridgehead atoms. The number of aliphatic hydroxyl groups excluding tert-OH is 3. The van der Waals surface area contributed by atoms with Gasteiger partial charge in [0.05, 0.1) is 32.5 Å². The number of fused-ring (bicyclic) bond motifs is 2. The number of nitrogens with zero attached hydrogens (tertiary/aromatic N) is 9. The summed E-state index contributed by atoms with van der Waals surface area (Å²) in [5, 5.41) is 35.5. The Hall–Kier alpha value is -5.28. The quantitative estimate of drug-likeness (QED) is 0.0290. The van der Waals surface area contributed by atoms with Gasteiger partial charge >= 0.3 is 31.3 Å². The van der Waals surface area contributed by atoms with Crippen molar-refractivity contribution in [3.8, 4) is 0 Å². The summed E-state index contributed by atoms with van der Waals surface area (Å²) in [7, 11) is -19.8. The lowest BCUT2D eigenvalue weighted by Gasteiger charge is -2.29. The van der Waals surface area contributed by atoms with Crippen LogP contribution in [0.4, 0.5) is 29.2 Å². The maximum absolute atomic E-state index is 13.7. The van der Waals surface area contributed by atoms with Gasteiger partial charge < -0.3 is 86.0 Å². The molecule has 16 N–H and O–H groups in total. The third kappa shape index (κ3) is 12.2. The zero-order valence-corrected chi connectivity index (χ0v) is 43.3. The third-order valence-electron chi connectivity index (χ3n) is 11.6. The summed E-state index contributed by atoms with van der Waals surface area (Å²) in [6.07, 6.45) is -15.0. The van der Waals surface area contributed by atoms with E-state index < -0.39 is 136 Å². The number of aromatic nitrogens is 10. The molecule has 5 aromatic heterocycles. The van der Waals surface area contributed by atoms with E-state index in [1.54, 1.807) is 0 Å². The van der Waals surface area contributed by atoms with E-state index in [-0.39, 0.29) is 51.5 Å². The predicted molar refractivity (Wildman–Crippen MR) is 254 cm³/mol. The maximum Gasteiger partial charge on any atom is 0.490 e. The second-order valence-corrected chi connectivity index (χ2v) is 22.5. The van der Waals surface area contributed by atoms with Crippen LogP contribution in [0.3, 0.4) is 0 Å². The molecule has 39 nitrogen and oxygen atoms in total. The molecule has 3 saturated heterocycles. The average Bonchev–Trinajstić information content (AvgIpc) is 4.18. The van der Waals surface area contributed by atoms with Crippen LogP contribution in [0.2, 0.25) is 0 Å². The second kappa shape index (κ2) is 22.5. The van der Waals surface area contributed by atoms with Gasteiger partial charge in [0.2, 0.25) is 11.9 Å². The van der Waals surface area contributed by atoms with E-state index in [9.17, 15) is 62.7 Å². The number of hydrogen-bond donors (Lipinski definition) is 13. The van der Waals surface area contributed by atoms with Crippen LogP contribution in [0.15, 0.2) is 41.3 Å². The normalized spacial score (nSPS) is 29.7. The number of phosphoric acid groups is 4. The summed E-state index contributed by atoms with van der Waals surface area (Å²) < 4.78 is 113. The number of aliphatic hydroxyl groups is 3. The minimum atomic E-state index is -6.20. The highest BCUT2D eigenvalue weighted by atomic mass is 31.3. The molecule has 3 aliphatic rings. The van der Waals surface area contributed by atoms with Crippen molar-refractivity contribution < 1.29 is 104 Å². The molecule has 5 aromatic rings. The Labute approximate surface area is 429 Å². The maximum atomic E-state index is 13.7. The summed E-state index contributed by atoms with van der Waals surface area (Å²) in [6.45, 7) is 0.342. The molecule has 10 unspecified atom stereocenters.